The lowest BCUT2D eigenvalue weighted by molar-refractivity contribution is -0.143. The van der Waals surface area contributed by atoms with Crippen LogP contribution >= 0.6 is 0 Å². The van der Waals surface area contributed by atoms with Crippen LogP contribution in [0.1, 0.15) is 19.8 Å². The van der Waals surface area contributed by atoms with Crippen molar-refractivity contribution in [3.63, 3.8) is 0 Å². The normalized spacial score (nSPS) is 19.3. The number of carbonyl (C=O) groups is 2. The number of nitrogens with one attached hydrogen (secondary N) is 1. The van der Waals surface area contributed by atoms with Crippen LogP contribution in [0.4, 0.5) is 0 Å². The summed E-state index contributed by atoms with van der Waals surface area (Å²) in [7, 11) is 0. The van der Waals surface area contributed by atoms with Crippen molar-refractivity contribution in [2.75, 3.05) is 19.6 Å². The van der Waals surface area contributed by atoms with Crippen molar-refractivity contribution in [3.8, 4) is 12.3 Å². The monoisotopic (exact) mass is 238 g/mol. The minimum Gasteiger partial charge on any atom is -0.481 e. The van der Waals surface area contributed by atoms with E-state index in [9.17, 15) is 9.59 Å². The van der Waals surface area contributed by atoms with Crippen molar-refractivity contribution in [3.05, 3.63) is 0 Å². The highest BCUT2D eigenvalue weighted by Crippen LogP contribution is 2.18. The highest BCUT2D eigenvalue weighted by molar-refractivity contribution is 5.81. The van der Waals surface area contributed by atoms with Crippen LogP contribution in [-0.4, -0.2) is 47.6 Å². The van der Waals surface area contributed by atoms with Crippen LogP contribution < -0.4 is 5.32 Å². The van der Waals surface area contributed by atoms with Gasteiger partial charge in [-0.1, -0.05) is 5.92 Å². The summed E-state index contributed by atoms with van der Waals surface area (Å²) < 4.78 is 0. The Bertz CT molecular complexity index is 327. The minimum absolute atomic E-state index is 0.100. The van der Waals surface area contributed by atoms with Gasteiger partial charge in [-0.05, 0) is 32.9 Å². The minimum atomic E-state index is -0.742. The second-order valence-electron chi connectivity index (χ2n) is 4.25. The summed E-state index contributed by atoms with van der Waals surface area (Å²) in [4.78, 5) is 24.4. The van der Waals surface area contributed by atoms with E-state index < -0.39 is 5.97 Å². The molecule has 1 aliphatic heterocycles. The fraction of sp³-hybridized carbons (Fsp3) is 0.667. The first-order valence-electron chi connectivity index (χ1n) is 5.74. The molecule has 94 valence electrons. The van der Waals surface area contributed by atoms with Crippen LogP contribution in [0.3, 0.4) is 0 Å². The molecule has 1 amide bonds. The van der Waals surface area contributed by atoms with Gasteiger partial charge in [0.15, 0.2) is 0 Å². The molecule has 0 saturated carbocycles. The molecule has 5 heteroatoms. The maximum Gasteiger partial charge on any atom is 0.306 e. The predicted octanol–water partition coefficient (Wildman–Crippen LogP) is -0.0791. The zero-order chi connectivity index (χ0) is 12.8. The third-order valence-corrected chi connectivity index (χ3v) is 3.17. The lowest BCUT2D eigenvalue weighted by Gasteiger charge is -2.33. The molecule has 0 aromatic carbocycles. The Kier molecular flexibility index (Phi) is 4.98. The van der Waals surface area contributed by atoms with Crippen molar-refractivity contribution in [1.82, 2.24) is 10.2 Å². The Morgan fingerprint density at radius 3 is 2.59 bits per heavy atom. The Balaban J connectivity index is 2.40. The number of terminal acetylenes is 1. The van der Waals surface area contributed by atoms with E-state index in [4.69, 9.17) is 11.5 Å². The van der Waals surface area contributed by atoms with Crippen LogP contribution in [0.15, 0.2) is 0 Å². The van der Waals surface area contributed by atoms with E-state index in [-0.39, 0.29) is 24.4 Å². The first-order valence-corrected chi connectivity index (χ1v) is 5.74. The van der Waals surface area contributed by atoms with Gasteiger partial charge in [0.25, 0.3) is 0 Å². The number of likely N-dealkylation sites (tertiary alicyclic amines) is 1. The van der Waals surface area contributed by atoms with Crippen LogP contribution in [-0.2, 0) is 9.59 Å². The molecule has 0 radical (unpaired) electrons. The van der Waals surface area contributed by atoms with Gasteiger partial charge in [-0.2, -0.15) is 0 Å². The van der Waals surface area contributed by atoms with Gasteiger partial charge in [0.2, 0.25) is 5.91 Å². The molecular weight excluding hydrogens is 220 g/mol. The van der Waals surface area contributed by atoms with Gasteiger partial charge in [-0.25, -0.2) is 0 Å². The second-order valence-corrected chi connectivity index (χ2v) is 4.25. The molecule has 0 aromatic rings. The maximum absolute atomic E-state index is 11.7. The summed E-state index contributed by atoms with van der Waals surface area (Å²) in [6, 6.07) is -0.252. The first kappa shape index (κ1) is 13.5. The number of amides is 1. The smallest absolute Gasteiger partial charge is 0.306 e. The molecule has 1 saturated heterocycles. The van der Waals surface area contributed by atoms with E-state index in [1.165, 1.54) is 0 Å². The molecule has 1 rings (SSSR count). The van der Waals surface area contributed by atoms with Gasteiger partial charge in [-0.15, -0.1) is 6.42 Å². The number of nitrogens with zero attached hydrogens (tertiary/aromatic N) is 1. The van der Waals surface area contributed by atoms with Crippen LogP contribution in [0.5, 0.6) is 0 Å². The predicted molar refractivity (Wildman–Crippen MR) is 63.2 cm³/mol. The first-order chi connectivity index (χ1) is 8.06. The molecule has 2 N–H and O–H groups in total. The van der Waals surface area contributed by atoms with E-state index in [1.807, 2.05) is 11.8 Å². The fourth-order valence-electron chi connectivity index (χ4n) is 1.99. The lowest BCUT2D eigenvalue weighted by atomic mass is 9.96. The summed E-state index contributed by atoms with van der Waals surface area (Å²) in [5.74, 6) is 1.24. The van der Waals surface area contributed by atoms with Gasteiger partial charge in [0, 0.05) is 0 Å². The zero-order valence-electron chi connectivity index (χ0n) is 9.98. The number of hydrogen-bond acceptors (Lipinski definition) is 3. The SMILES string of the molecule is C#CCNC(=O)C(C)N1CCC(C(=O)O)CC1. The van der Waals surface area contributed by atoms with Crippen molar-refractivity contribution in [2.24, 2.45) is 5.92 Å². The van der Waals surface area contributed by atoms with E-state index in [2.05, 4.69) is 11.2 Å². The highest BCUT2D eigenvalue weighted by atomic mass is 16.4. The largest absolute Gasteiger partial charge is 0.481 e. The summed E-state index contributed by atoms with van der Waals surface area (Å²) in [6.45, 7) is 3.32. The Labute approximate surface area is 101 Å². The molecule has 5 nitrogen and oxygen atoms in total. The molecule has 17 heavy (non-hydrogen) atoms. The van der Waals surface area contributed by atoms with Gasteiger partial charge < -0.3 is 10.4 Å². The Morgan fingerprint density at radius 2 is 2.12 bits per heavy atom. The van der Waals surface area contributed by atoms with Gasteiger partial charge >= 0.3 is 5.97 Å². The van der Waals surface area contributed by atoms with Crippen LogP contribution in [0.25, 0.3) is 0 Å². The van der Waals surface area contributed by atoms with E-state index in [0.29, 0.717) is 25.9 Å². The standard InChI is InChI=1S/C12H18N2O3/c1-3-6-13-11(15)9(2)14-7-4-10(5-8-14)12(16)17/h1,9-10H,4-8H2,2H3,(H,13,15)(H,16,17). The molecular formula is C12H18N2O3. The molecule has 0 aliphatic carbocycles. The summed E-state index contributed by atoms with van der Waals surface area (Å²) in [5, 5.41) is 11.5. The Morgan fingerprint density at radius 1 is 1.53 bits per heavy atom. The van der Waals surface area contributed by atoms with Crippen LogP contribution in [0.2, 0.25) is 0 Å². The molecule has 1 atom stereocenters. The third kappa shape index (κ3) is 3.75. The molecule has 0 bridgehead atoms. The average Bonchev–Trinajstić information content (AvgIpc) is 2.35. The number of carboxylic acid groups (broad SMARTS) is 1. The summed E-state index contributed by atoms with van der Waals surface area (Å²) in [6.07, 6.45) is 6.26. The van der Waals surface area contributed by atoms with E-state index >= 15 is 0 Å². The van der Waals surface area contributed by atoms with Crippen molar-refractivity contribution < 1.29 is 14.7 Å². The molecule has 1 fully saturated rings. The number of aliphatic carboxylic acids is 1. The zero-order valence-corrected chi connectivity index (χ0v) is 9.98. The average molecular weight is 238 g/mol. The molecule has 1 unspecified atom stereocenters. The number of hydrogen-bond donors (Lipinski definition) is 2. The topological polar surface area (TPSA) is 69.6 Å². The molecule has 0 aromatic heterocycles. The molecule has 1 aliphatic rings. The number of carboxylic acids is 1. The summed E-state index contributed by atoms with van der Waals surface area (Å²) >= 11 is 0. The van der Waals surface area contributed by atoms with Gasteiger partial charge in [0.05, 0.1) is 18.5 Å². The number of carbonyl (C=O) groups excluding carboxylic acids is 1. The van der Waals surface area contributed by atoms with E-state index in [1.54, 1.807) is 0 Å². The molecule has 1 heterocycles. The second kappa shape index (κ2) is 6.26. The maximum atomic E-state index is 11.7. The summed E-state index contributed by atoms with van der Waals surface area (Å²) in [5.41, 5.74) is 0. The Hall–Kier alpha value is -1.54. The van der Waals surface area contributed by atoms with Crippen molar-refractivity contribution in [1.29, 1.82) is 0 Å². The highest BCUT2D eigenvalue weighted by Gasteiger charge is 2.29. The van der Waals surface area contributed by atoms with Crippen molar-refractivity contribution in [2.45, 2.75) is 25.8 Å². The van der Waals surface area contributed by atoms with Gasteiger partial charge in [-0.3, -0.25) is 14.5 Å². The lowest BCUT2D eigenvalue weighted by Crippen LogP contribution is -2.49. The van der Waals surface area contributed by atoms with Gasteiger partial charge in [0.1, 0.15) is 0 Å². The molecule has 0 spiro atoms. The number of piperidine rings is 1. The van der Waals surface area contributed by atoms with E-state index in [0.717, 1.165) is 0 Å². The third-order valence-electron chi connectivity index (χ3n) is 3.17. The number of rotatable bonds is 4. The quantitative estimate of drug-likeness (QED) is 0.672. The van der Waals surface area contributed by atoms with Crippen molar-refractivity contribution >= 4 is 11.9 Å². The van der Waals surface area contributed by atoms with Crippen LogP contribution in [0, 0.1) is 18.3 Å². The fourth-order valence-corrected chi connectivity index (χ4v) is 1.99.